The van der Waals surface area contributed by atoms with Crippen LogP contribution in [-0.4, -0.2) is 42.9 Å². The molecule has 1 aliphatic heterocycles. The molecule has 2 N–H and O–H groups in total. The van der Waals surface area contributed by atoms with Gasteiger partial charge >= 0.3 is 6.03 Å². The smallest absolute Gasteiger partial charge is 0.318 e. The van der Waals surface area contributed by atoms with E-state index in [1.165, 1.54) is 7.05 Å². The van der Waals surface area contributed by atoms with Gasteiger partial charge < -0.3 is 10.2 Å². The Balaban J connectivity index is 2.61. The number of rotatable bonds is 0. The maximum atomic E-state index is 10.9. The second kappa shape index (κ2) is 3.21. The van der Waals surface area contributed by atoms with E-state index in [0.717, 1.165) is 4.90 Å². The molecule has 6 heteroatoms. The quantitative estimate of drug-likeness (QED) is 0.426. The van der Waals surface area contributed by atoms with Crippen LogP contribution in [0.5, 0.6) is 0 Å². The third-order valence-corrected chi connectivity index (χ3v) is 1.45. The maximum Gasteiger partial charge on any atom is 0.318 e. The molecule has 0 saturated carbocycles. The van der Waals surface area contributed by atoms with Crippen molar-refractivity contribution < 1.29 is 14.4 Å². The summed E-state index contributed by atoms with van der Waals surface area (Å²) in [5.41, 5.74) is 0. The number of nitrogens with one attached hydrogen (secondary N) is 2. The Kier molecular flexibility index (Phi) is 2.27. The van der Waals surface area contributed by atoms with Gasteiger partial charge in [0.15, 0.2) is 0 Å². The van der Waals surface area contributed by atoms with Crippen molar-refractivity contribution in [2.75, 3.05) is 20.1 Å². The van der Waals surface area contributed by atoms with Gasteiger partial charge in [0.05, 0.1) is 0 Å². The summed E-state index contributed by atoms with van der Waals surface area (Å²) in [7, 11) is 1.44. The summed E-state index contributed by atoms with van der Waals surface area (Å²) in [5, 5.41) is 4.42. The van der Waals surface area contributed by atoms with Gasteiger partial charge in [-0.15, -0.1) is 0 Å². The highest BCUT2D eigenvalue weighted by Crippen LogP contribution is 1.93. The largest absolute Gasteiger partial charge is 0.341 e. The molecular weight excluding hydrogens is 162 g/mol. The first kappa shape index (κ1) is 8.51. The molecule has 0 radical (unpaired) electrons. The van der Waals surface area contributed by atoms with Gasteiger partial charge in [-0.1, -0.05) is 0 Å². The van der Waals surface area contributed by atoms with Crippen LogP contribution >= 0.6 is 0 Å². The standard InChI is InChI=1S/C6H9N3O3/c1-7-6(12)9-2-4(10)8-5(11)3-9/h2-3H2,1H3,(H,7,12)(H,8,10,11). The Bertz CT molecular complexity index is 222. The monoisotopic (exact) mass is 171 g/mol. The predicted octanol–water partition coefficient (Wildman–Crippen LogP) is -1.72. The minimum Gasteiger partial charge on any atom is -0.341 e. The number of imide groups is 1. The van der Waals surface area contributed by atoms with Crippen LogP contribution in [-0.2, 0) is 9.59 Å². The summed E-state index contributed by atoms with van der Waals surface area (Å²) in [6, 6.07) is -0.418. The summed E-state index contributed by atoms with van der Waals surface area (Å²) >= 11 is 0. The number of hydrogen-bond donors (Lipinski definition) is 2. The molecule has 66 valence electrons. The number of nitrogens with zero attached hydrogens (tertiary/aromatic N) is 1. The van der Waals surface area contributed by atoms with Crippen LogP contribution in [0.4, 0.5) is 4.79 Å². The van der Waals surface area contributed by atoms with E-state index in [1.54, 1.807) is 0 Å². The lowest BCUT2D eigenvalue weighted by Gasteiger charge is -2.24. The number of amides is 4. The van der Waals surface area contributed by atoms with Crippen LogP contribution in [0, 0.1) is 0 Å². The summed E-state index contributed by atoms with van der Waals surface area (Å²) in [4.78, 5) is 33.6. The van der Waals surface area contributed by atoms with E-state index in [-0.39, 0.29) is 13.1 Å². The van der Waals surface area contributed by atoms with Gasteiger partial charge in [0.25, 0.3) is 0 Å². The average molecular weight is 171 g/mol. The molecule has 0 aliphatic carbocycles. The van der Waals surface area contributed by atoms with Crippen molar-refractivity contribution in [2.24, 2.45) is 0 Å². The molecule has 1 fully saturated rings. The zero-order chi connectivity index (χ0) is 9.14. The van der Waals surface area contributed by atoms with Gasteiger partial charge in [-0.2, -0.15) is 0 Å². The lowest BCUT2D eigenvalue weighted by atomic mass is 10.3. The van der Waals surface area contributed by atoms with Crippen molar-refractivity contribution >= 4 is 17.8 Å². The molecule has 1 rings (SSSR count). The minimum absolute atomic E-state index is 0.0641. The van der Waals surface area contributed by atoms with E-state index in [9.17, 15) is 14.4 Å². The van der Waals surface area contributed by atoms with Crippen LogP contribution in [0.3, 0.4) is 0 Å². The maximum absolute atomic E-state index is 10.9. The Morgan fingerprint density at radius 3 is 2.33 bits per heavy atom. The number of urea groups is 1. The zero-order valence-corrected chi connectivity index (χ0v) is 6.59. The topological polar surface area (TPSA) is 78.5 Å². The highest BCUT2D eigenvalue weighted by molar-refractivity contribution is 6.02. The molecule has 0 aromatic carbocycles. The normalized spacial score (nSPS) is 17.2. The first-order valence-corrected chi connectivity index (χ1v) is 3.43. The van der Waals surface area contributed by atoms with Gasteiger partial charge in [0, 0.05) is 7.05 Å². The molecule has 0 bridgehead atoms. The number of carbonyl (C=O) groups excluding carboxylic acids is 3. The highest BCUT2D eigenvalue weighted by Gasteiger charge is 2.25. The predicted molar refractivity (Wildman–Crippen MR) is 39.2 cm³/mol. The summed E-state index contributed by atoms with van der Waals surface area (Å²) < 4.78 is 0. The van der Waals surface area contributed by atoms with E-state index in [2.05, 4.69) is 10.6 Å². The molecule has 4 amide bonds. The van der Waals surface area contributed by atoms with Crippen molar-refractivity contribution in [1.29, 1.82) is 0 Å². The third-order valence-electron chi connectivity index (χ3n) is 1.45. The number of piperazine rings is 1. The van der Waals surface area contributed by atoms with Crippen molar-refractivity contribution in [3.63, 3.8) is 0 Å². The fraction of sp³-hybridized carbons (Fsp3) is 0.500. The molecule has 0 aromatic rings. The van der Waals surface area contributed by atoms with E-state index in [4.69, 9.17) is 0 Å². The Labute approximate surface area is 68.9 Å². The number of carbonyl (C=O) groups is 3. The van der Waals surface area contributed by atoms with Gasteiger partial charge in [0.1, 0.15) is 13.1 Å². The average Bonchev–Trinajstić information content (AvgIpc) is 2.01. The molecule has 0 atom stereocenters. The molecule has 1 aliphatic rings. The first-order chi connectivity index (χ1) is 5.63. The van der Waals surface area contributed by atoms with Gasteiger partial charge in [-0.05, 0) is 0 Å². The van der Waals surface area contributed by atoms with Crippen molar-refractivity contribution in [2.45, 2.75) is 0 Å². The molecule has 1 heterocycles. The van der Waals surface area contributed by atoms with E-state index >= 15 is 0 Å². The van der Waals surface area contributed by atoms with Gasteiger partial charge in [0.2, 0.25) is 11.8 Å². The molecule has 6 nitrogen and oxygen atoms in total. The van der Waals surface area contributed by atoms with E-state index in [1.807, 2.05) is 0 Å². The summed E-state index contributed by atoms with van der Waals surface area (Å²) in [5.74, 6) is -0.898. The van der Waals surface area contributed by atoms with Crippen LogP contribution in [0.25, 0.3) is 0 Å². The molecule has 12 heavy (non-hydrogen) atoms. The van der Waals surface area contributed by atoms with Crippen molar-refractivity contribution in [3.8, 4) is 0 Å². The Morgan fingerprint density at radius 2 is 1.92 bits per heavy atom. The summed E-state index contributed by atoms with van der Waals surface area (Å²) in [6.45, 7) is -0.128. The lowest BCUT2D eigenvalue weighted by molar-refractivity contribution is -0.134. The fourth-order valence-corrected chi connectivity index (χ4v) is 0.939. The van der Waals surface area contributed by atoms with Gasteiger partial charge in [-0.25, -0.2) is 4.79 Å². The van der Waals surface area contributed by atoms with Crippen LogP contribution < -0.4 is 10.6 Å². The molecule has 1 saturated heterocycles. The number of hydrogen-bond acceptors (Lipinski definition) is 3. The lowest BCUT2D eigenvalue weighted by Crippen LogP contribution is -2.55. The Morgan fingerprint density at radius 1 is 1.42 bits per heavy atom. The zero-order valence-electron chi connectivity index (χ0n) is 6.59. The van der Waals surface area contributed by atoms with E-state index < -0.39 is 17.8 Å². The van der Waals surface area contributed by atoms with Crippen molar-refractivity contribution in [3.05, 3.63) is 0 Å². The summed E-state index contributed by atoms with van der Waals surface area (Å²) in [6.07, 6.45) is 0. The van der Waals surface area contributed by atoms with Crippen LogP contribution in [0.1, 0.15) is 0 Å². The van der Waals surface area contributed by atoms with Gasteiger partial charge in [-0.3, -0.25) is 14.9 Å². The molecule has 0 unspecified atom stereocenters. The second-order valence-corrected chi connectivity index (χ2v) is 2.38. The van der Waals surface area contributed by atoms with E-state index in [0.29, 0.717) is 0 Å². The fourth-order valence-electron chi connectivity index (χ4n) is 0.939. The van der Waals surface area contributed by atoms with Crippen LogP contribution in [0.15, 0.2) is 0 Å². The third kappa shape index (κ3) is 1.71. The molecular formula is C6H9N3O3. The Hall–Kier alpha value is -1.59. The molecule has 0 aromatic heterocycles. The first-order valence-electron chi connectivity index (χ1n) is 3.43. The van der Waals surface area contributed by atoms with Crippen molar-refractivity contribution in [1.82, 2.24) is 15.5 Å². The minimum atomic E-state index is -0.449. The van der Waals surface area contributed by atoms with Crippen LogP contribution in [0.2, 0.25) is 0 Å². The molecule has 0 spiro atoms. The second-order valence-electron chi connectivity index (χ2n) is 2.38. The SMILES string of the molecule is CNC(=O)N1CC(=O)NC(=O)C1. The highest BCUT2D eigenvalue weighted by atomic mass is 16.2.